The molecule has 1 aromatic carbocycles. The topological polar surface area (TPSA) is 90.3 Å². The highest BCUT2D eigenvalue weighted by Crippen LogP contribution is 2.21. The number of anilines is 1. The van der Waals surface area contributed by atoms with Gasteiger partial charge in [0.15, 0.2) is 0 Å². The van der Waals surface area contributed by atoms with Crippen molar-refractivity contribution in [1.29, 1.82) is 10.5 Å². The Kier molecular flexibility index (Phi) is 3.99. The molecule has 0 amide bonds. The van der Waals surface area contributed by atoms with E-state index in [-0.39, 0.29) is 0 Å². The van der Waals surface area contributed by atoms with Crippen LogP contribution in [0.15, 0.2) is 55.2 Å². The number of hydrogen-bond donors (Lipinski definition) is 1. The summed E-state index contributed by atoms with van der Waals surface area (Å²) in [4.78, 5) is 8.40. The molecule has 3 rings (SSSR count). The van der Waals surface area contributed by atoms with E-state index >= 15 is 0 Å². The van der Waals surface area contributed by atoms with E-state index in [4.69, 9.17) is 0 Å². The molecule has 0 unspecified atom stereocenters. The monoisotopic (exact) mass is 300 g/mol. The smallest absolute Gasteiger partial charge is 0.142 e. The lowest BCUT2D eigenvalue weighted by molar-refractivity contribution is 0.949. The zero-order chi connectivity index (χ0) is 16.1. The number of imidazole rings is 1. The van der Waals surface area contributed by atoms with Crippen molar-refractivity contribution in [3.8, 4) is 18.0 Å². The predicted octanol–water partition coefficient (Wildman–Crippen LogP) is 2.62. The van der Waals surface area contributed by atoms with Crippen LogP contribution in [-0.4, -0.2) is 14.5 Å². The van der Waals surface area contributed by atoms with Gasteiger partial charge in [0.1, 0.15) is 24.3 Å². The van der Waals surface area contributed by atoms with Gasteiger partial charge in [-0.25, -0.2) is 9.97 Å². The molecule has 0 radical (unpaired) electrons. The Hall–Kier alpha value is -3.64. The highest BCUT2D eigenvalue weighted by molar-refractivity contribution is 5.66. The Labute approximate surface area is 133 Å². The number of nitrogens with zero attached hydrogens (tertiary/aromatic N) is 5. The molecule has 2 aromatic heterocycles. The number of benzene rings is 1. The van der Waals surface area contributed by atoms with Crippen LogP contribution in [0.5, 0.6) is 0 Å². The highest BCUT2D eigenvalue weighted by Gasteiger charge is 2.10. The summed E-state index contributed by atoms with van der Waals surface area (Å²) in [6, 6.07) is 13.1. The molecule has 6 nitrogen and oxygen atoms in total. The second-order valence-corrected chi connectivity index (χ2v) is 4.76. The van der Waals surface area contributed by atoms with Crippen molar-refractivity contribution < 1.29 is 0 Å². The first-order valence-electron chi connectivity index (χ1n) is 6.93. The molecule has 0 aliphatic carbocycles. The molecule has 23 heavy (non-hydrogen) atoms. The number of pyridine rings is 1. The van der Waals surface area contributed by atoms with Crippen molar-refractivity contribution in [2.75, 3.05) is 5.32 Å². The van der Waals surface area contributed by atoms with E-state index in [1.165, 1.54) is 0 Å². The minimum atomic E-state index is 0.439. The number of para-hydroxylation sites is 1. The van der Waals surface area contributed by atoms with E-state index in [9.17, 15) is 10.5 Å². The fourth-order valence-electron chi connectivity index (χ4n) is 2.30. The maximum Gasteiger partial charge on any atom is 0.142 e. The molecule has 0 fully saturated rings. The van der Waals surface area contributed by atoms with Gasteiger partial charge in [-0.3, -0.25) is 4.57 Å². The van der Waals surface area contributed by atoms with Crippen LogP contribution in [0.3, 0.4) is 0 Å². The molecule has 0 aliphatic rings. The number of hydrogen-bond acceptors (Lipinski definition) is 5. The van der Waals surface area contributed by atoms with Gasteiger partial charge in [-0.05, 0) is 18.2 Å². The average molecular weight is 300 g/mol. The molecule has 0 atom stereocenters. The number of nitriles is 2. The third-order valence-corrected chi connectivity index (χ3v) is 3.38. The summed E-state index contributed by atoms with van der Waals surface area (Å²) in [5.74, 6) is 0.755. The van der Waals surface area contributed by atoms with Gasteiger partial charge in [0.05, 0.1) is 16.8 Å². The molecule has 6 heteroatoms. The summed E-state index contributed by atoms with van der Waals surface area (Å²) in [7, 11) is 0. The van der Waals surface area contributed by atoms with E-state index in [1.807, 2.05) is 22.9 Å². The van der Waals surface area contributed by atoms with Crippen LogP contribution in [0.25, 0.3) is 5.82 Å². The Balaban J connectivity index is 1.92. The summed E-state index contributed by atoms with van der Waals surface area (Å²) in [6.07, 6.45) is 6.89. The quantitative estimate of drug-likeness (QED) is 0.799. The summed E-state index contributed by atoms with van der Waals surface area (Å²) in [6.45, 7) is 0.439. The third-order valence-electron chi connectivity index (χ3n) is 3.38. The number of nitrogens with one attached hydrogen (secondary N) is 1. The maximum absolute atomic E-state index is 9.22. The minimum Gasteiger partial charge on any atom is -0.379 e. The average Bonchev–Trinajstić information content (AvgIpc) is 3.14. The molecule has 0 spiro atoms. The Morgan fingerprint density at radius 2 is 1.83 bits per heavy atom. The molecule has 2 heterocycles. The molecule has 0 bridgehead atoms. The molecule has 0 aliphatic heterocycles. The fraction of sp³-hybridized carbons (Fsp3) is 0.0588. The van der Waals surface area contributed by atoms with Gasteiger partial charge >= 0.3 is 0 Å². The van der Waals surface area contributed by atoms with Gasteiger partial charge in [0, 0.05) is 30.7 Å². The second-order valence-electron chi connectivity index (χ2n) is 4.76. The Morgan fingerprint density at radius 3 is 2.48 bits per heavy atom. The molecule has 0 saturated carbocycles. The van der Waals surface area contributed by atoms with E-state index in [0.717, 1.165) is 11.4 Å². The van der Waals surface area contributed by atoms with Gasteiger partial charge in [0.25, 0.3) is 0 Å². The predicted molar refractivity (Wildman–Crippen MR) is 84.6 cm³/mol. The van der Waals surface area contributed by atoms with E-state index in [0.29, 0.717) is 23.4 Å². The Morgan fingerprint density at radius 1 is 1.04 bits per heavy atom. The SMILES string of the molecule is N#Cc1cccc(C#N)c1NCc1cccnc1-n1ccnc1. The van der Waals surface area contributed by atoms with Crippen LogP contribution in [0.2, 0.25) is 0 Å². The Bertz CT molecular complexity index is 867. The number of aromatic nitrogens is 3. The van der Waals surface area contributed by atoms with Gasteiger partial charge < -0.3 is 5.32 Å². The van der Waals surface area contributed by atoms with E-state index in [2.05, 4.69) is 27.4 Å². The molecule has 0 saturated heterocycles. The van der Waals surface area contributed by atoms with E-state index in [1.54, 1.807) is 36.9 Å². The molecule has 1 N–H and O–H groups in total. The zero-order valence-electron chi connectivity index (χ0n) is 12.1. The molecule has 3 aromatic rings. The fourth-order valence-corrected chi connectivity index (χ4v) is 2.30. The third kappa shape index (κ3) is 2.87. The molecule has 110 valence electrons. The van der Waals surface area contributed by atoms with Crippen molar-refractivity contribution >= 4 is 5.69 Å². The molecular formula is C17H12N6. The summed E-state index contributed by atoms with van der Waals surface area (Å²) >= 11 is 0. The van der Waals surface area contributed by atoms with Crippen molar-refractivity contribution in [2.24, 2.45) is 0 Å². The second kappa shape index (κ2) is 6.42. The minimum absolute atomic E-state index is 0.439. The number of rotatable bonds is 4. The van der Waals surface area contributed by atoms with Gasteiger partial charge in [-0.1, -0.05) is 12.1 Å². The first kappa shape index (κ1) is 14.3. The van der Waals surface area contributed by atoms with Gasteiger partial charge in [-0.2, -0.15) is 10.5 Å². The van der Waals surface area contributed by atoms with Crippen molar-refractivity contribution in [3.63, 3.8) is 0 Å². The largest absolute Gasteiger partial charge is 0.379 e. The van der Waals surface area contributed by atoms with Crippen molar-refractivity contribution in [2.45, 2.75) is 6.54 Å². The normalized spacial score (nSPS) is 9.83. The molecular weight excluding hydrogens is 288 g/mol. The van der Waals surface area contributed by atoms with Gasteiger partial charge in [-0.15, -0.1) is 0 Å². The van der Waals surface area contributed by atoms with Gasteiger partial charge in [0.2, 0.25) is 0 Å². The zero-order valence-corrected chi connectivity index (χ0v) is 12.1. The first-order valence-corrected chi connectivity index (χ1v) is 6.93. The van der Waals surface area contributed by atoms with E-state index < -0.39 is 0 Å². The lowest BCUT2D eigenvalue weighted by Crippen LogP contribution is -2.08. The highest BCUT2D eigenvalue weighted by atomic mass is 15.1. The van der Waals surface area contributed by atoms with Crippen LogP contribution < -0.4 is 5.32 Å². The lowest BCUT2D eigenvalue weighted by Gasteiger charge is -2.12. The van der Waals surface area contributed by atoms with Crippen LogP contribution in [-0.2, 0) is 6.54 Å². The summed E-state index contributed by atoms with van der Waals surface area (Å²) in [5, 5.41) is 21.6. The van der Waals surface area contributed by atoms with Crippen molar-refractivity contribution in [1.82, 2.24) is 14.5 Å². The van der Waals surface area contributed by atoms with Crippen LogP contribution in [0, 0.1) is 22.7 Å². The summed E-state index contributed by atoms with van der Waals surface area (Å²) < 4.78 is 1.82. The summed E-state index contributed by atoms with van der Waals surface area (Å²) in [5.41, 5.74) is 2.36. The van der Waals surface area contributed by atoms with Crippen molar-refractivity contribution in [3.05, 3.63) is 71.9 Å². The van der Waals surface area contributed by atoms with Crippen LogP contribution in [0.1, 0.15) is 16.7 Å². The first-order chi connectivity index (χ1) is 11.3. The van der Waals surface area contributed by atoms with Crippen LogP contribution >= 0.6 is 0 Å². The standard InChI is InChI=1S/C17H12N6/c18-9-13-3-1-4-14(10-19)16(13)22-11-15-5-2-6-21-17(15)23-8-7-20-12-23/h1-8,12,22H,11H2. The van der Waals surface area contributed by atoms with Crippen LogP contribution in [0.4, 0.5) is 5.69 Å². The lowest BCUT2D eigenvalue weighted by atomic mass is 10.1. The maximum atomic E-state index is 9.22.